The van der Waals surface area contributed by atoms with Crippen LogP contribution in [-0.4, -0.2) is 11.9 Å². The minimum atomic E-state index is -0.837. The summed E-state index contributed by atoms with van der Waals surface area (Å²) in [6.45, 7) is 12.6. The van der Waals surface area contributed by atoms with Gasteiger partial charge in [0.25, 0.3) is 0 Å². The molecule has 0 amide bonds. The van der Waals surface area contributed by atoms with E-state index in [2.05, 4.69) is 33.7 Å². The summed E-state index contributed by atoms with van der Waals surface area (Å²) in [5.41, 5.74) is -0.723. The van der Waals surface area contributed by atoms with Crippen LogP contribution < -0.4 is 0 Å². The highest BCUT2D eigenvalue weighted by atomic mass is 17.7. The largest absolute Gasteiger partial charge is 0.351 e. The highest BCUT2D eigenvalue weighted by Crippen LogP contribution is 2.37. The summed E-state index contributed by atoms with van der Waals surface area (Å²) in [5.74, 6) is -1.27. The number of hydrogen-bond donors (Lipinski definition) is 0. The summed E-state index contributed by atoms with van der Waals surface area (Å²) in [6, 6.07) is 9.91. The molecule has 0 aliphatic heterocycles. The third-order valence-electron chi connectivity index (χ3n) is 3.85. The van der Waals surface area contributed by atoms with Crippen molar-refractivity contribution in [1.29, 1.82) is 0 Å². The van der Waals surface area contributed by atoms with Crippen molar-refractivity contribution in [3.05, 3.63) is 35.9 Å². The van der Waals surface area contributed by atoms with E-state index in [1.807, 2.05) is 30.3 Å². The van der Waals surface area contributed by atoms with Crippen LogP contribution in [0.5, 0.6) is 0 Å². The fourth-order valence-corrected chi connectivity index (χ4v) is 2.50. The number of carbonyl (C=O) groups excluding carboxylic acids is 2. The van der Waals surface area contributed by atoms with Crippen molar-refractivity contribution in [2.45, 2.75) is 60.3 Å². The van der Waals surface area contributed by atoms with Crippen molar-refractivity contribution in [3.8, 4) is 0 Å². The number of carbonyl (C=O) groups is 2. The fourth-order valence-electron chi connectivity index (χ4n) is 2.50. The molecule has 25 heavy (non-hydrogen) atoms. The van der Waals surface area contributed by atoms with Crippen LogP contribution in [0.25, 0.3) is 0 Å². The Morgan fingerprint density at radius 3 is 1.76 bits per heavy atom. The molecule has 0 aliphatic rings. The third-order valence-corrected chi connectivity index (χ3v) is 3.85. The zero-order valence-electron chi connectivity index (χ0n) is 16.0. The van der Waals surface area contributed by atoms with E-state index in [9.17, 15) is 9.59 Å². The molecule has 0 heterocycles. The first-order chi connectivity index (χ1) is 11.4. The highest BCUT2D eigenvalue weighted by Gasteiger charge is 2.38. The van der Waals surface area contributed by atoms with Crippen LogP contribution in [0.3, 0.4) is 0 Å². The average molecular weight is 352 g/mol. The molecule has 0 saturated carbocycles. The molecule has 0 atom stereocenters. The Morgan fingerprint density at radius 1 is 0.800 bits per heavy atom. The molecule has 140 valence electrons. The molecule has 6 nitrogen and oxygen atoms in total. The molecule has 0 aromatic heterocycles. The van der Waals surface area contributed by atoms with E-state index in [1.54, 1.807) is 34.6 Å². The topological polar surface area (TPSA) is 71.1 Å². The Labute approximate surface area is 149 Å². The van der Waals surface area contributed by atoms with E-state index in [-0.39, 0.29) is 5.41 Å². The minimum absolute atomic E-state index is 0.247. The van der Waals surface area contributed by atoms with Gasteiger partial charge in [-0.2, -0.15) is 0 Å². The smallest absolute Gasteiger partial charge is 0.265 e. The fraction of sp³-hybridized carbons (Fsp3) is 0.579. The monoisotopic (exact) mass is 352 g/mol. The van der Waals surface area contributed by atoms with Gasteiger partial charge in [0.1, 0.15) is 0 Å². The Balaban J connectivity index is 2.55. The van der Waals surface area contributed by atoms with Gasteiger partial charge in [0, 0.05) is 10.1 Å². The normalized spacial score (nSPS) is 12.6. The summed E-state index contributed by atoms with van der Waals surface area (Å²) in [6.07, 6.45) is 0.522. The lowest BCUT2D eigenvalue weighted by Crippen LogP contribution is -2.34. The van der Waals surface area contributed by atoms with Crippen molar-refractivity contribution < 1.29 is 29.4 Å². The van der Waals surface area contributed by atoms with E-state index >= 15 is 0 Å². The molecule has 1 rings (SSSR count). The van der Waals surface area contributed by atoms with Gasteiger partial charge < -0.3 is 0 Å². The van der Waals surface area contributed by atoms with Crippen LogP contribution >= 0.6 is 0 Å². The summed E-state index contributed by atoms with van der Waals surface area (Å²) < 4.78 is 0. The standard InChI is InChI=1S/C19H28O6/c1-17(2,3)15(20)22-24-25-23-16(21)19(6,7)13-18(4,5)14-11-9-8-10-12-14/h8-12H,13H2,1-7H3. The van der Waals surface area contributed by atoms with Gasteiger partial charge in [-0.15, -0.1) is 0 Å². The quantitative estimate of drug-likeness (QED) is 0.414. The molecule has 0 saturated heterocycles. The minimum Gasteiger partial charge on any atom is -0.265 e. The van der Waals surface area contributed by atoms with Crippen molar-refractivity contribution >= 4 is 11.9 Å². The number of hydrogen-bond acceptors (Lipinski definition) is 6. The van der Waals surface area contributed by atoms with Gasteiger partial charge in [-0.25, -0.2) is 9.59 Å². The molecule has 0 fully saturated rings. The predicted molar refractivity (Wildman–Crippen MR) is 91.7 cm³/mol. The van der Waals surface area contributed by atoms with Gasteiger partial charge >= 0.3 is 11.9 Å². The lowest BCUT2D eigenvalue weighted by atomic mass is 9.71. The summed E-state index contributed by atoms with van der Waals surface area (Å²) in [5, 5.41) is 8.49. The van der Waals surface area contributed by atoms with E-state index in [0.29, 0.717) is 6.42 Å². The number of benzene rings is 1. The van der Waals surface area contributed by atoms with Crippen molar-refractivity contribution in [1.82, 2.24) is 0 Å². The van der Waals surface area contributed by atoms with E-state index in [1.165, 1.54) is 0 Å². The first-order valence-electron chi connectivity index (χ1n) is 8.18. The Morgan fingerprint density at radius 2 is 1.28 bits per heavy atom. The maximum absolute atomic E-state index is 12.2. The summed E-state index contributed by atoms with van der Waals surface area (Å²) >= 11 is 0. The second-order valence-electron chi connectivity index (χ2n) is 8.44. The Hall–Kier alpha value is -1.92. The lowest BCUT2D eigenvalue weighted by Gasteiger charge is -2.33. The Bertz CT molecular complexity index is 584. The SMILES string of the molecule is CC(C)(C)C(=O)OOOOC(=O)C(C)(C)CC(C)(C)c1ccccc1. The molecule has 1 aromatic carbocycles. The molecule has 0 aliphatic carbocycles. The zero-order chi connectivity index (χ0) is 19.3. The Kier molecular flexibility index (Phi) is 6.74. The zero-order valence-corrected chi connectivity index (χ0v) is 16.0. The van der Waals surface area contributed by atoms with Gasteiger partial charge in [0.2, 0.25) is 0 Å². The first-order valence-corrected chi connectivity index (χ1v) is 8.18. The van der Waals surface area contributed by atoms with Crippen LogP contribution in [-0.2, 0) is 34.9 Å². The molecule has 1 aromatic rings. The third kappa shape index (κ3) is 6.48. The molecule has 0 bridgehead atoms. The average Bonchev–Trinajstić information content (AvgIpc) is 2.50. The van der Waals surface area contributed by atoms with Gasteiger partial charge in [-0.1, -0.05) is 44.2 Å². The summed E-state index contributed by atoms with van der Waals surface area (Å²) in [4.78, 5) is 32.7. The van der Waals surface area contributed by atoms with Crippen LogP contribution in [0, 0.1) is 10.8 Å². The van der Waals surface area contributed by atoms with Crippen LogP contribution in [0.2, 0.25) is 0 Å². The molecular weight excluding hydrogens is 324 g/mol. The van der Waals surface area contributed by atoms with E-state index in [0.717, 1.165) is 5.56 Å². The molecule has 0 N–H and O–H groups in total. The predicted octanol–water partition coefficient (Wildman–Crippen LogP) is 4.29. The van der Waals surface area contributed by atoms with Crippen molar-refractivity contribution in [2.75, 3.05) is 0 Å². The molecule has 6 heteroatoms. The summed E-state index contributed by atoms with van der Waals surface area (Å²) in [7, 11) is 0. The van der Waals surface area contributed by atoms with Crippen molar-refractivity contribution in [2.24, 2.45) is 10.8 Å². The number of rotatable bonds is 7. The second-order valence-corrected chi connectivity index (χ2v) is 8.44. The molecule has 0 spiro atoms. The van der Waals surface area contributed by atoms with Gasteiger partial charge in [-0.05, 0) is 52.0 Å². The van der Waals surface area contributed by atoms with Crippen LogP contribution in [0.15, 0.2) is 30.3 Å². The maximum Gasteiger partial charge on any atom is 0.351 e. The van der Waals surface area contributed by atoms with Crippen molar-refractivity contribution in [3.63, 3.8) is 0 Å². The van der Waals surface area contributed by atoms with Crippen LogP contribution in [0.4, 0.5) is 0 Å². The van der Waals surface area contributed by atoms with E-state index in [4.69, 9.17) is 0 Å². The van der Waals surface area contributed by atoms with Crippen LogP contribution in [0.1, 0.15) is 60.5 Å². The second kappa shape index (κ2) is 7.97. The molecule has 0 radical (unpaired) electrons. The maximum atomic E-state index is 12.2. The lowest BCUT2D eigenvalue weighted by molar-refractivity contribution is -0.602. The first kappa shape index (κ1) is 21.1. The van der Waals surface area contributed by atoms with Gasteiger partial charge in [-0.3, -0.25) is 9.78 Å². The van der Waals surface area contributed by atoms with E-state index < -0.39 is 22.8 Å². The van der Waals surface area contributed by atoms with Gasteiger partial charge in [0.15, 0.2) is 0 Å². The molecule has 0 unspecified atom stereocenters. The van der Waals surface area contributed by atoms with Gasteiger partial charge in [0.05, 0.1) is 10.8 Å². The molecular formula is C19H28O6. The highest BCUT2D eigenvalue weighted by molar-refractivity contribution is 5.75.